The third kappa shape index (κ3) is 4.60. The van der Waals surface area contributed by atoms with Crippen LogP contribution in [0.4, 0.5) is 0 Å². The topological polar surface area (TPSA) is 46.9 Å². The van der Waals surface area contributed by atoms with E-state index in [1.54, 1.807) is 11.7 Å². The Labute approximate surface area is 149 Å². The van der Waals surface area contributed by atoms with Gasteiger partial charge in [-0.3, -0.25) is 9.48 Å². The molecule has 2 aromatic rings. The summed E-state index contributed by atoms with van der Waals surface area (Å²) in [5, 5.41) is 7.65. The Hall–Kier alpha value is -1.81. The van der Waals surface area contributed by atoms with Crippen LogP contribution in [-0.2, 0) is 26.4 Å². The summed E-state index contributed by atoms with van der Waals surface area (Å²) in [5.74, 6) is -0.193. The molecule has 0 aliphatic carbocycles. The van der Waals surface area contributed by atoms with E-state index in [0.29, 0.717) is 23.7 Å². The maximum Gasteiger partial charge on any atom is 0.271 e. The lowest BCUT2D eigenvalue weighted by Crippen LogP contribution is -2.25. The van der Waals surface area contributed by atoms with Crippen molar-refractivity contribution in [1.29, 1.82) is 0 Å². The van der Waals surface area contributed by atoms with Gasteiger partial charge in [-0.1, -0.05) is 62.6 Å². The second-order valence-corrected chi connectivity index (χ2v) is 6.42. The largest absolute Gasteiger partial charge is 0.347 e. The SMILES string of the molecule is CCCCCc1ccc(CNC(=O)c2c(Cl)c(CC)nn2C)cc1. The van der Waals surface area contributed by atoms with Crippen molar-refractivity contribution in [2.24, 2.45) is 7.05 Å². The summed E-state index contributed by atoms with van der Waals surface area (Å²) in [6, 6.07) is 8.43. The molecule has 0 spiro atoms. The summed E-state index contributed by atoms with van der Waals surface area (Å²) in [6.45, 7) is 4.67. The molecule has 1 aromatic heterocycles. The molecule has 0 fully saturated rings. The number of carbonyl (C=O) groups excluding carboxylic acids is 1. The minimum absolute atomic E-state index is 0.193. The van der Waals surface area contributed by atoms with Gasteiger partial charge in [-0.15, -0.1) is 0 Å². The van der Waals surface area contributed by atoms with Crippen LogP contribution in [0.2, 0.25) is 5.02 Å². The minimum atomic E-state index is -0.193. The molecule has 0 saturated heterocycles. The second-order valence-electron chi connectivity index (χ2n) is 6.04. The molecule has 1 aromatic carbocycles. The average molecular weight is 348 g/mol. The van der Waals surface area contributed by atoms with Crippen LogP contribution in [0.15, 0.2) is 24.3 Å². The molecule has 0 aliphatic heterocycles. The number of benzene rings is 1. The lowest BCUT2D eigenvalue weighted by Gasteiger charge is -2.07. The van der Waals surface area contributed by atoms with Gasteiger partial charge >= 0.3 is 0 Å². The highest BCUT2D eigenvalue weighted by Crippen LogP contribution is 2.20. The van der Waals surface area contributed by atoms with Gasteiger partial charge in [0.2, 0.25) is 0 Å². The van der Waals surface area contributed by atoms with Crippen LogP contribution in [0, 0.1) is 0 Å². The van der Waals surface area contributed by atoms with Crippen molar-refractivity contribution in [3.8, 4) is 0 Å². The van der Waals surface area contributed by atoms with Gasteiger partial charge in [0, 0.05) is 13.6 Å². The molecule has 24 heavy (non-hydrogen) atoms. The average Bonchev–Trinajstić information content (AvgIpc) is 2.88. The molecule has 1 amide bonds. The quantitative estimate of drug-likeness (QED) is 0.724. The van der Waals surface area contributed by atoms with E-state index in [4.69, 9.17) is 11.6 Å². The normalized spacial score (nSPS) is 10.8. The number of carbonyl (C=O) groups is 1. The third-order valence-corrected chi connectivity index (χ3v) is 4.55. The van der Waals surface area contributed by atoms with E-state index in [1.165, 1.54) is 24.8 Å². The highest BCUT2D eigenvalue weighted by molar-refractivity contribution is 6.34. The number of rotatable bonds is 8. The van der Waals surface area contributed by atoms with E-state index in [0.717, 1.165) is 17.7 Å². The summed E-state index contributed by atoms with van der Waals surface area (Å²) >= 11 is 6.24. The first-order chi connectivity index (χ1) is 11.6. The Morgan fingerprint density at radius 3 is 2.42 bits per heavy atom. The van der Waals surface area contributed by atoms with Crippen LogP contribution < -0.4 is 5.32 Å². The molecule has 1 heterocycles. The number of hydrogen-bond donors (Lipinski definition) is 1. The van der Waals surface area contributed by atoms with E-state index in [9.17, 15) is 4.79 Å². The molecule has 0 unspecified atom stereocenters. The fraction of sp³-hybridized carbons (Fsp3) is 0.474. The monoisotopic (exact) mass is 347 g/mol. The standard InChI is InChI=1S/C19H26ClN3O/c1-4-6-7-8-14-9-11-15(12-10-14)13-21-19(24)18-17(20)16(5-2)22-23(18)3/h9-12H,4-8,13H2,1-3H3,(H,21,24). The molecular formula is C19H26ClN3O. The van der Waals surface area contributed by atoms with Crippen molar-refractivity contribution >= 4 is 17.5 Å². The van der Waals surface area contributed by atoms with Crippen LogP contribution in [0.1, 0.15) is 60.4 Å². The zero-order valence-electron chi connectivity index (χ0n) is 14.7. The van der Waals surface area contributed by atoms with Gasteiger partial charge in [-0.05, 0) is 30.4 Å². The predicted molar refractivity (Wildman–Crippen MR) is 98.4 cm³/mol. The van der Waals surface area contributed by atoms with Crippen LogP contribution in [0.5, 0.6) is 0 Å². The fourth-order valence-electron chi connectivity index (χ4n) is 2.70. The number of aromatic nitrogens is 2. The van der Waals surface area contributed by atoms with E-state index in [1.807, 2.05) is 6.92 Å². The molecule has 0 atom stereocenters. The molecular weight excluding hydrogens is 322 g/mol. The summed E-state index contributed by atoms with van der Waals surface area (Å²) in [5.41, 5.74) is 3.60. The lowest BCUT2D eigenvalue weighted by molar-refractivity contribution is 0.0941. The Morgan fingerprint density at radius 2 is 1.83 bits per heavy atom. The summed E-state index contributed by atoms with van der Waals surface area (Å²) in [4.78, 5) is 12.4. The van der Waals surface area contributed by atoms with Gasteiger partial charge in [0.1, 0.15) is 5.69 Å². The molecule has 4 nitrogen and oxygen atoms in total. The number of aryl methyl sites for hydroxylation is 3. The van der Waals surface area contributed by atoms with Gasteiger partial charge in [0.15, 0.2) is 0 Å². The van der Waals surface area contributed by atoms with Crippen molar-refractivity contribution in [3.05, 3.63) is 51.8 Å². The number of hydrogen-bond acceptors (Lipinski definition) is 2. The van der Waals surface area contributed by atoms with Crippen molar-refractivity contribution in [3.63, 3.8) is 0 Å². The van der Waals surface area contributed by atoms with Crippen LogP contribution in [0.3, 0.4) is 0 Å². The second kappa shape index (κ2) is 8.88. The van der Waals surface area contributed by atoms with E-state index < -0.39 is 0 Å². The number of amides is 1. The predicted octanol–water partition coefficient (Wildman–Crippen LogP) is 4.30. The molecule has 5 heteroatoms. The van der Waals surface area contributed by atoms with Crippen LogP contribution in [-0.4, -0.2) is 15.7 Å². The summed E-state index contributed by atoms with van der Waals surface area (Å²) in [7, 11) is 1.74. The number of nitrogens with zero attached hydrogens (tertiary/aromatic N) is 2. The summed E-state index contributed by atoms with van der Waals surface area (Å²) in [6.07, 6.45) is 5.55. The first-order valence-corrected chi connectivity index (χ1v) is 9.02. The maximum atomic E-state index is 12.4. The van der Waals surface area contributed by atoms with Crippen molar-refractivity contribution in [1.82, 2.24) is 15.1 Å². The van der Waals surface area contributed by atoms with E-state index >= 15 is 0 Å². The van der Waals surface area contributed by atoms with E-state index in [-0.39, 0.29) is 5.91 Å². The first-order valence-electron chi connectivity index (χ1n) is 8.64. The minimum Gasteiger partial charge on any atom is -0.347 e. The van der Waals surface area contributed by atoms with Crippen LogP contribution >= 0.6 is 11.6 Å². The molecule has 0 bridgehead atoms. The van der Waals surface area contributed by atoms with Gasteiger partial charge in [0.05, 0.1) is 10.7 Å². The molecule has 0 radical (unpaired) electrons. The van der Waals surface area contributed by atoms with Gasteiger partial charge in [0.25, 0.3) is 5.91 Å². The van der Waals surface area contributed by atoms with Gasteiger partial charge < -0.3 is 5.32 Å². The van der Waals surface area contributed by atoms with E-state index in [2.05, 4.69) is 41.6 Å². The Kier molecular flexibility index (Phi) is 6.85. The highest BCUT2D eigenvalue weighted by atomic mass is 35.5. The lowest BCUT2D eigenvalue weighted by atomic mass is 10.1. The summed E-state index contributed by atoms with van der Waals surface area (Å²) < 4.78 is 1.55. The maximum absolute atomic E-state index is 12.4. The smallest absolute Gasteiger partial charge is 0.271 e. The molecule has 1 N–H and O–H groups in total. The highest BCUT2D eigenvalue weighted by Gasteiger charge is 2.19. The molecule has 0 aliphatic rings. The van der Waals surface area contributed by atoms with Crippen molar-refractivity contribution in [2.45, 2.75) is 52.5 Å². The molecule has 2 rings (SSSR count). The fourth-order valence-corrected chi connectivity index (χ4v) is 3.07. The zero-order valence-corrected chi connectivity index (χ0v) is 15.5. The number of unbranched alkanes of at least 4 members (excludes halogenated alkanes) is 2. The zero-order chi connectivity index (χ0) is 17.5. The van der Waals surface area contributed by atoms with Gasteiger partial charge in [-0.2, -0.15) is 5.10 Å². The first kappa shape index (κ1) is 18.5. The Balaban J connectivity index is 1.93. The molecule has 0 saturated carbocycles. The Bertz CT molecular complexity index is 677. The number of nitrogens with one attached hydrogen (secondary N) is 1. The number of halogens is 1. The van der Waals surface area contributed by atoms with Crippen LogP contribution in [0.25, 0.3) is 0 Å². The van der Waals surface area contributed by atoms with Crippen molar-refractivity contribution < 1.29 is 4.79 Å². The third-order valence-electron chi connectivity index (χ3n) is 4.15. The Morgan fingerprint density at radius 1 is 1.17 bits per heavy atom. The van der Waals surface area contributed by atoms with Crippen molar-refractivity contribution in [2.75, 3.05) is 0 Å². The molecule has 130 valence electrons. The van der Waals surface area contributed by atoms with Gasteiger partial charge in [-0.25, -0.2) is 0 Å².